The summed E-state index contributed by atoms with van der Waals surface area (Å²) >= 11 is 11.8. The molecule has 0 spiro atoms. The second-order valence-corrected chi connectivity index (χ2v) is 53.5. The summed E-state index contributed by atoms with van der Waals surface area (Å²) in [6.07, 6.45) is -4.12. The van der Waals surface area contributed by atoms with Crippen LogP contribution in [0.4, 0.5) is 40.8 Å². The molecule has 794 valence electrons. The Balaban J connectivity index is 0.000000233. The van der Waals surface area contributed by atoms with Crippen LogP contribution in [0.2, 0.25) is 15.1 Å². The van der Waals surface area contributed by atoms with E-state index in [1.807, 2.05) is 84.9 Å². The van der Waals surface area contributed by atoms with Gasteiger partial charge in [-0.25, -0.2) is 57.4 Å². The molecule has 12 unspecified atom stereocenters. The lowest BCUT2D eigenvalue weighted by atomic mass is 9.98. The fourth-order valence-corrected chi connectivity index (χ4v) is 32.1. The number of carbonyl (C=O) groups excluding carboxylic acids is 3. The van der Waals surface area contributed by atoms with Crippen molar-refractivity contribution in [3.8, 4) is 0 Å². The van der Waals surface area contributed by atoms with E-state index in [0.717, 1.165) is 27.7 Å². The van der Waals surface area contributed by atoms with Crippen LogP contribution in [-0.2, 0) is 51.7 Å². The van der Waals surface area contributed by atoms with Crippen LogP contribution in [0.1, 0.15) is 178 Å². The van der Waals surface area contributed by atoms with Crippen LogP contribution in [0.3, 0.4) is 0 Å². The van der Waals surface area contributed by atoms with Crippen LogP contribution in [0.5, 0.6) is 0 Å². The number of nitrogen functional groups attached to an aromatic ring is 4. The van der Waals surface area contributed by atoms with Gasteiger partial charge < -0.3 is 98.9 Å². The number of aliphatic hydroxyl groups excluding tert-OH is 4. The van der Waals surface area contributed by atoms with Crippen molar-refractivity contribution in [2.75, 3.05) is 49.4 Å². The van der Waals surface area contributed by atoms with Gasteiger partial charge in [-0.15, -0.1) is 0 Å². The maximum Gasteiger partial charge on any atom is 0.303 e. The van der Waals surface area contributed by atoms with Crippen molar-refractivity contribution in [2.24, 2.45) is 0 Å². The van der Waals surface area contributed by atoms with Crippen molar-refractivity contribution in [3.63, 3.8) is 0 Å². The van der Waals surface area contributed by atoms with Crippen molar-refractivity contribution in [3.05, 3.63) is 256 Å². The van der Waals surface area contributed by atoms with E-state index in [-0.39, 0.29) is 146 Å². The van der Waals surface area contributed by atoms with Crippen LogP contribution in [0.15, 0.2) is 256 Å². The molecule has 40 heteroatoms. The lowest BCUT2D eigenvalue weighted by molar-refractivity contribution is -0.156. The number of hydrogen-bond donors (Lipinski definition) is 8. The number of hydrogen-bond acceptors (Lipinski definition) is 27. The maximum atomic E-state index is 16.8. The molecule has 18 rings (SSSR count). The van der Waals surface area contributed by atoms with Gasteiger partial charge in [-0.1, -0.05) is 281 Å². The molecule has 12 N–H and O–H groups in total. The zero-order chi connectivity index (χ0) is 107. The molecular weight excluding hydrogens is 1980 g/mol. The third-order valence-corrected chi connectivity index (χ3v) is 43.0. The summed E-state index contributed by atoms with van der Waals surface area (Å²) in [6, 6.07) is 61.5. The van der Waals surface area contributed by atoms with Crippen LogP contribution >= 0.6 is 22.7 Å². The number of benzene rings is 6. The zero-order valence-corrected chi connectivity index (χ0v) is 85.9. The lowest BCUT2D eigenvalue weighted by Gasteiger charge is -2.43. The Kier molecular flexibility index (Phi) is 37.7. The van der Waals surface area contributed by atoms with Crippen LogP contribution in [0.25, 0.3) is 44.1 Å². The normalized spacial score (nSPS) is 24.0. The fourth-order valence-electron chi connectivity index (χ4n) is 18.8. The van der Waals surface area contributed by atoms with Gasteiger partial charge in [0.1, 0.15) is 108 Å². The van der Waals surface area contributed by atoms with E-state index in [2.05, 4.69) is 211 Å². The highest BCUT2D eigenvalue weighted by atomic mass is 35.6. The van der Waals surface area contributed by atoms with Crippen molar-refractivity contribution < 1.29 is 95.1 Å². The van der Waals surface area contributed by atoms with E-state index >= 15 is 13.2 Å². The van der Waals surface area contributed by atoms with E-state index < -0.39 is 146 Å². The van der Waals surface area contributed by atoms with Gasteiger partial charge in [0, 0.05) is 45.6 Å². The van der Waals surface area contributed by atoms with Gasteiger partial charge in [0.05, 0.1) is 53.5 Å². The minimum atomic E-state index is -3.00. The predicted molar refractivity (Wildman–Crippen MR) is 580 cm³/mol. The van der Waals surface area contributed by atoms with E-state index in [1.165, 1.54) is 120 Å². The zero-order valence-electron chi connectivity index (χ0n) is 85.4. The summed E-state index contributed by atoms with van der Waals surface area (Å²) in [4.78, 5) is 64.7. The Morgan fingerprint density at radius 2 is 0.612 bits per heavy atom. The Bertz CT molecular complexity index is 6780. The van der Waals surface area contributed by atoms with E-state index in [0.29, 0.717) is 16.2 Å². The lowest BCUT2D eigenvalue weighted by Crippen LogP contribution is -2.67. The molecule has 0 bridgehead atoms. The Morgan fingerprint density at radius 3 is 0.857 bits per heavy atom. The molecule has 147 heavy (non-hydrogen) atoms. The smallest absolute Gasteiger partial charge is 0.303 e. The number of halogens is 6. The number of aromatic nitrogens is 12. The molecular formula is C107H142Cl2F4N16O15Si3. The highest BCUT2D eigenvalue weighted by Gasteiger charge is 2.63. The number of nitrogens with two attached hydrogens (primary N) is 4. The number of esters is 2. The molecule has 16 atom stereocenters. The first-order valence-corrected chi connectivity index (χ1v) is 53.0. The molecule has 12 heterocycles. The molecule has 6 aromatic carbocycles. The fraction of sp³-hybridized carbons (Fsp3) is 0.411. The van der Waals surface area contributed by atoms with Crippen LogP contribution in [0, 0.1) is 0 Å². The summed E-state index contributed by atoms with van der Waals surface area (Å²) < 4.78 is 149. The monoisotopic (exact) mass is 2130 g/mol. The SMILES string of the molecule is C.C.C.C.C.CC(=O)Cl.CC(C)(C)[Si](Cl)(c1ccccc1)c1ccccc1.[3H]c1cn(C2OC(CO)C(O)[C@]2(C)F)c2ncnc(N)c12.[3H]c1cn(C2OC(CO)C(OC(C)=O)[C@]2(C)F)c2ncnc(N)c12.[3H]c1cn(C2OC(CO[Si](c3ccccc3)(c3ccccc3)C(C)(C)C)C(O)[C@]2(C)F)c2ncnc(N)c12.[3H]c1cn(C2OC(CO[Si](c3ccccc3)(c3ccccc3)C(C)(C)C)C(OC(C)=O)[C@]2(C)F)c2ncnc(N)c12. The first kappa shape index (κ1) is 114. The number of ether oxygens (including phenoxy) is 6. The molecule has 0 amide bonds. The van der Waals surface area contributed by atoms with Crippen LogP contribution < -0.4 is 54.1 Å². The number of alkyl halides is 4. The first-order chi connectivity index (χ1) is 68.7. The Morgan fingerprint density at radius 1 is 0.388 bits per heavy atom. The summed E-state index contributed by atoms with van der Waals surface area (Å²) in [6.45, 7) is 27.2. The predicted octanol–water partition coefficient (Wildman–Crippen LogP) is 16.0. The highest BCUT2D eigenvalue weighted by molar-refractivity contribution is 7.35. The number of anilines is 4. The van der Waals surface area contributed by atoms with Gasteiger partial charge in [-0.3, -0.25) is 14.4 Å². The van der Waals surface area contributed by atoms with Gasteiger partial charge in [0.15, 0.2) is 59.8 Å². The average Bonchev–Trinajstić information content (AvgIpc) is 1.07. The second kappa shape index (κ2) is 48.6. The van der Waals surface area contributed by atoms with Crippen molar-refractivity contribution in [1.29, 1.82) is 0 Å². The molecule has 4 aliphatic heterocycles. The molecule has 4 aliphatic rings. The van der Waals surface area contributed by atoms with E-state index in [4.69, 9.17) is 81.9 Å². The van der Waals surface area contributed by atoms with Crippen LogP contribution in [-0.4, -0.2) is 218 Å². The third-order valence-electron chi connectivity index (χ3n) is 25.7. The first-order valence-electron chi connectivity index (χ1n) is 47.8. The molecule has 0 aliphatic carbocycles. The molecule has 4 fully saturated rings. The molecule has 31 nitrogen and oxygen atoms in total. The number of aliphatic hydroxyl groups is 4. The van der Waals surface area contributed by atoms with E-state index in [9.17, 15) is 34.1 Å². The minimum Gasteiger partial charge on any atom is -0.456 e. The van der Waals surface area contributed by atoms with Gasteiger partial charge in [-0.2, -0.15) is 11.1 Å². The Labute approximate surface area is 875 Å². The standard InChI is InChI=1S/C30H35FN4O4Si.C28H33FN4O3Si.C16H19ClSi.C14H17FN4O4.C12H15FN4O3.C2H3ClO.5CH4/c1-20(36)38-25-24(39-28(30(25,5)31)35-17-16-23-26(32)33-19-34-27(23)35)18-37-40(29(2,3)4,21-12-8-6-9-13-21)22-14-10-7-11-15-22;1-27(2,3)37(19-11-7-5-8-12-19,20-13-9-6-10-14-20)35-17-22-23(34)28(4,29)26(36-22)33-16-15-21-24(30)31-18-32-25(21)33;1-16(2,3)18(17,14-10-6-4-7-11-14)15-12-8-5-9-13-15;1-7(21)22-10-9(5-20)23-13(14(10,2)15)19-4-3-8-11(16)17-6-18-12(8)19;1-12(13)8(19)7(4-18)20-11(12)17-3-2-6-9(14)15-5-16-10(6)17;1-2(3)4;;;;;/h6-17,19,24-25,28H,18H2,1-5H3,(H2,32,33,34);5-16,18,22-23,26,34H,17H2,1-4H3,(H2,30,31,32);4-13H,1-3H3;3-4,6,9-10,13,20H,5H2,1-2H3,(H2,16,17,18);2-3,5,7-8,11,18-19H,4H2,1H3,(H2,14,15,16);1H3;5*1H4/t24?,25?,28?,30-;22?,23?,26?,28-;;9?,10?,13?,14-;7?,8?,11?,12-;;;;;;/m00.00....../s1/i16T;15T;;3T;2T;;;;;;. The summed E-state index contributed by atoms with van der Waals surface area (Å²) in [7, 11) is -8.16. The number of rotatable bonds is 20. The minimum absolute atomic E-state index is 0. The quantitative estimate of drug-likeness (QED) is 0.0115. The summed E-state index contributed by atoms with van der Waals surface area (Å²) in [5, 5.41) is 46.7. The van der Waals surface area contributed by atoms with Crippen molar-refractivity contribution in [2.45, 2.75) is 259 Å². The molecule has 0 radical (unpaired) electrons. The average molecular weight is 2130 g/mol. The van der Waals surface area contributed by atoms with Gasteiger partial charge >= 0.3 is 11.9 Å². The molecule has 4 saturated heterocycles. The number of nitrogens with zero attached hydrogens (tertiary/aromatic N) is 12. The van der Waals surface area contributed by atoms with Gasteiger partial charge in [-0.05, 0) is 110 Å². The largest absolute Gasteiger partial charge is 0.456 e. The topological polar surface area (TPSA) is 433 Å². The maximum absolute atomic E-state index is 16.8. The Hall–Kier alpha value is -11.8. The molecule has 14 aromatic rings. The number of carbonyl (C=O) groups is 3. The van der Waals surface area contributed by atoms with Crippen molar-refractivity contribution >= 4 is 162 Å². The number of fused-ring (bicyclic) bond motifs is 4. The van der Waals surface area contributed by atoms with E-state index in [1.54, 1.807) is 0 Å². The summed E-state index contributed by atoms with van der Waals surface area (Å²) in [5.41, 5.74) is 15.7. The second-order valence-electron chi connectivity index (χ2n) is 38.6. The van der Waals surface area contributed by atoms with Crippen molar-refractivity contribution in [1.82, 2.24) is 58.1 Å². The van der Waals surface area contributed by atoms with Gasteiger partial charge in [0.2, 0.25) is 12.6 Å². The third kappa shape index (κ3) is 24.2. The van der Waals surface area contributed by atoms with Gasteiger partial charge in [0.25, 0.3) is 16.6 Å². The molecule has 8 aromatic heterocycles. The highest BCUT2D eigenvalue weighted by Crippen LogP contribution is 2.51. The molecule has 0 saturated carbocycles. The summed E-state index contributed by atoms with van der Waals surface area (Å²) in [5.74, 6) is -0.871.